The predicted octanol–water partition coefficient (Wildman–Crippen LogP) is 2.08. The van der Waals surface area contributed by atoms with Crippen molar-refractivity contribution in [2.45, 2.75) is 13.3 Å². The summed E-state index contributed by atoms with van der Waals surface area (Å²) in [6.07, 6.45) is 0.702. The normalized spacial score (nSPS) is 13.5. The molecule has 0 spiro atoms. The highest BCUT2D eigenvalue weighted by Gasteiger charge is 2.24. The zero-order chi connectivity index (χ0) is 13.1. The molecular formula is C13H16ClNO3. The lowest BCUT2D eigenvalue weighted by Crippen LogP contribution is -2.22. The molecule has 1 aromatic rings. The van der Waals surface area contributed by atoms with E-state index in [-0.39, 0.29) is 12.3 Å². The number of rotatable bonds is 4. The largest absolute Gasteiger partial charge is 0.486 e. The summed E-state index contributed by atoms with van der Waals surface area (Å²) in [7, 11) is 1.74. The highest BCUT2D eigenvalue weighted by molar-refractivity contribution is 6.33. The zero-order valence-electron chi connectivity index (χ0n) is 10.5. The molecule has 1 aliphatic rings. The maximum Gasteiger partial charge on any atom is 0.180 e. The second kappa shape index (κ2) is 5.59. The number of likely N-dealkylation sites (N-methyl/N-ethyl adjacent to an activating group) is 1. The molecule has 0 bridgehead atoms. The third-order valence-electron chi connectivity index (χ3n) is 2.86. The third-order valence-corrected chi connectivity index (χ3v) is 3.14. The number of ether oxygens (including phenoxy) is 2. The molecular weight excluding hydrogens is 254 g/mol. The van der Waals surface area contributed by atoms with Crippen LogP contribution in [-0.2, 0) is 6.42 Å². The van der Waals surface area contributed by atoms with Crippen LogP contribution in [-0.4, -0.2) is 32.6 Å². The first-order valence-electron chi connectivity index (χ1n) is 5.97. The smallest absolute Gasteiger partial charge is 0.180 e. The minimum absolute atomic E-state index is 0.00761. The quantitative estimate of drug-likeness (QED) is 0.850. The topological polar surface area (TPSA) is 47.6 Å². The molecule has 0 amide bonds. The Bertz CT molecular complexity index is 474. The number of benzene rings is 1. The lowest BCUT2D eigenvalue weighted by atomic mass is 9.99. The minimum atomic E-state index is 0.00761. The Kier molecular flexibility index (Phi) is 4.09. The van der Waals surface area contributed by atoms with Crippen LogP contribution in [0.4, 0.5) is 0 Å². The average molecular weight is 270 g/mol. The van der Waals surface area contributed by atoms with Gasteiger partial charge in [0.1, 0.15) is 13.2 Å². The van der Waals surface area contributed by atoms with Gasteiger partial charge in [-0.15, -0.1) is 0 Å². The minimum Gasteiger partial charge on any atom is -0.486 e. The SMILES string of the molecule is CCc1c(C(=O)CNC)cc(Cl)c2c1OCCO2. The fourth-order valence-corrected chi connectivity index (χ4v) is 2.33. The van der Waals surface area contributed by atoms with E-state index in [9.17, 15) is 4.79 Å². The van der Waals surface area contributed by atoms with Crippen molar-refractivity contribution < 1.29 is 14.3 Å². The number of carbonyl (C=O) groups excluding carboxylic acids is 1. The van der Waals surface area contributed by atoms with E-state index in [1.54, 1.807) is 13.1 Å². The Morgan fingerprint density at radius 3 is 2.67 bits per heavy atom. The number of hydrogen-bond donors (Lipinski definition) is 1. The Morgan fingerprint density at radius 1 is 1.39 bits per heavy atom. The molecule has 4 nitrogen and oxygen atoms in total. The Balaban J connectivity index is 2.53. The van der Waals surface area contributed by atoms with Crippen molar-refractivity contribution in [2.75, 3.05) is 26.8 Å². The van der Waals surface area contributed by atoms with Crippen molar-refractivity contribution in [3.63, 3.8) is 0 Å². The number of nitrogens with one attached hydrogen (secondary N) is 1. The molecule has 1 aliphatic heterocycles. The van der Waals surface area contributed by atoms with Crippen LogP contribution >= 0.6 is 11.6 Å². The molecule has 1 aromatic carbocycles. The molecule has 1 heterocycles. The second-order valence-corrected chi connectivity index (χ2v) is 4.45. The first-order valence-corrected chi connectivity index (χ1v) is 6.35. The molecule has 2 rings (SSSR count). The number of fused-ring (bicyclic) bond motifs is 1. The van der Waals surface area contributed by atoms with Gasteiger partial charge in [0.15, 0.2) is 17.3 Å². The number of ketones is 1. The molecule has 1 N–H and O–H groups in total. The van der Waals surface area contributed by atoms with Crippen molar-refractivity contribution in [1.82, 2.24) is 5.32 Å². The van der Waals surface area contributed by atoms with Gasteiger partial charge in [0.25, 0.3) is 0 Å². The summed E-state index contributed by atoms with van der Waals surface area (Å²) in [6.45, 7) is 3.24. The lowest BCUT2D eigenvalue weighted by molar-refractivity contribution is 0.0991. The van der Waals surface area contributed by atoms with E-state index in [2.05, 4.69) is 5.32 Å². The summed E-state index contributed by atoms with van der Waals surface area (Å²) < 4.78 is 11.1. The van der Waals surface area contributed by atoms with Crippen LogP contribution in [0.1, 0.15) is 22.8 Å². The number of Topliss-reactive ketones (excluding diaryl/α,β-unsaturated/α-hetero) is 1. The van der Waals surface area contributed by atoms with Gasteiger partial charge in [0, 0.05) is 11.1 Å². The van der Waals surface area contributed by atoms with E-state index >= 15 is 0 Å². The second-order valence-electron chi connectivity index (χ2n) is 4.05. The van der Waals surface area contributed by atoms with E-state index in [0.29, 0.717) is 41.7 Å². The van der Waals surface area contributed by atoms with Crippen molar-refractivity contribution in [2.24, 2.45) is 0 Å². The third kappa shape index (κ3) is 2.31. The van der Waals surface area contributed by atoms with Crippen molar-refractivity contribution in [1.29, 1.82) is 0 Å². The van der Waals surface area contributed by atoms with Crippen LogP contribution in [0.25, 0.3) is 0 Å². The standard InChI is InChI=1S/C13H16ClNO3/c1-3-8-9(11(16)7-15-2)6-10(14)13-12(8)17-4-5-18-13/h6,15H,3-5,7H2,1-2H3. The van der Waals surface area contributed by atoms with Crippen molar-refractivity contribution in [3.8, 4) is 11.5 Å². The van der Waals surface area contributed by atoms with Gasteiger partial charge in [-0.1, -0.05) is 18.5 Å². The molecule has 0 radical (unpaired) electrons. The number of hydrogen-bond acceptors (Lipinski definition) is 4. The van der Waals surface area contributed by atoms with E-state index in [1.807, 2.05) is 6.92 Å². The molecule has 0 atom stereocenters. The molecule has 98 valence electrons. The molecule has 0 saturated heterocycles. The van der Waals surface area contributed by atoms with Gasteiger partial charge in [-0.25, -0.2) is 0 Å². The fraction of sp³-hybridized carbons (Fsp3) is 0.462. The number of carbonyl (C=O) groups is 1. The van der Waals surface area contributed by atoms with Gasteiger partial charge in [-0.05, 0) is 19.5 Å². The van der Waals surface area contributed by atoms with Gasteiger partial charge >= 0.3 is 0 Å². The van der Waals surface area contributed by atoms with E-state index in [0.717, 1.165) is 5.56 Å². The van der Waals surface area contributed by atoms with Crippen LogP contribution in [0.5, 0.6) is 11.5 Å². The van der Waals surface area contributed by atoms with Crippen LogP contribution in [0.2, 0.25) is 5.02 Å². The maximum absolute atomic E-state index is 12.0. The van der Waals surface area contributed by atoms with E-state index in [1.165, 1.54) is 0 Å². The molecule has 5 heteroatoms. The van der Waals surface area contributed by atoms with Gasteiger partial charge < -0.3 is 14.8 Å². The Labute approximate surface area is 111 Å². The van der Waals surface area contributed by atoms with Crippen molar-refractivity contribution in [3.05, 3.63) is 22.2 Å². The monoisotopic (exact) mass is 269 g/mol. The fourth-order valence-electron chi connectivity index (χ4n) is 2.08. The molecule has 0 saturated carbocycles. The van der Waals surface area contributed by atoms with Gasteiger partial charge in [0.05, 0.1) is 11.6 Å². The van der Waals surface area contributed by atoms with Crippen LogP contribution in [0, 0.1) is 0 Å². The Hall–Kier alpha value is -1.26. The first kappa shape index (κ1) is 13.2. The summed E-state index contributed by atoms with van der Waals surface area (Å²) in [4.78, 5) is 12.0. The average Bonchev–Trinajstić information content (AvgIpc) is 2.39. The molecule has 0 unspecified atom stereocenters. The number of halogens is 1. The molecule has 0 fully saturated rings. The van der Waals surface area contributed by atoms with Gasteiger partial charge in [-0.2, -0.15) is 0 Å². The van der Waals surface area contributed by atoms with Gasteiger partial charge in [0.2, 0.25) is 0 Å². The lowest BCUT2D eigenvalue weighted by Gasteiger charge is -2.23. The summed E-state index contributed by atoms with van der Waals surface area (Å²) in [5.41, 5.74) is 1.48. The molecule has 0 aromatic heterocycles. The van der Waals surface area contributed by atoms with Crippen LogP contribution < -0.4 is 14.8 Å². The van der Waals surface area contributed by atoms with Crippen LogP contribution in [0.3, 0.4) is 0 Å². The Morgan fingerprint density at radius 2 is 2.06 bits per heavy atom. The van der Waals surface area contributed by atoms with E-state index < -0.39 is 0 Å². The van der Waals surface area contributed by atoms with Crippen LogP contribution in [0.15, 0.2) is 6.07 Å². The first-order chi connectivity index (χ1) is 8.69. The summed E-state index contributed by atoms with van der Waals surface area (Å²) in [5.74, 6) is 1.18. The highest BCUT2D eigenvalue weighted by atomic mass is 35.5. The summed E-state index contributed by atoms with van der Waals surface area (Å²) in [6, 6.07) is 1.67. The van der Waals surface area contributed by atoms with Crippen molar-refractivity contribution >= 4 is 17.4 Å². The predicted molar refractivity (Wildman–Crippen MR) is 70.1 cm³/mol. The zero-order valence-corrected chi connectivity index (χ0v) is 11.3. The highest BCUT2D eigenvalue weighted by Crippen LogP contribution is 2.42. The van der Waals surface area contributed by atoms with Gasteiger partial charge in [-0.3, -0.25) is 4.79 Å². The summed E-state index contributed by atoms with van der Waals surface area (Å²) >= 11 is 6.14. The molecule has 18 heavy (non-hydrogen) atoms. The summed E-state index contributed by atoms with van der Waals surface area (Å²) in [5, 5.41) is 3.28. The molecule has 0 aliphatic carbocycles. The maximum atomic E-state index is 12.0. The van der Waals surface area contributed by atoms with E-state index in [4.69, 9.17) is 21.1 Å².